The van der Waals surface area contributed by atoms with Crippen molar-refractivity contribution in [2.45, 2.75) is 26.7 Å². The highest BCUT2D eigenvalue weighted by atomic mass is 19.1. The van der Waals surface area contributed by atoms with E-state index in [1.165, 1.54) is 12.1 Å². The number of carbonyl (C=O) groups excluding carboxylic acids is 2. The van der Waals surface area contributed by atoms with Gasteiger partial charge in [0, 0.05) is 53.7 Å². The highest BCUT2D eigenvalue weighted by Gasteiger charge is 2.26. The number of ketones is 1. The quantitative estimate of drug-likeness (QED) is 0.201. The van der Waals surface area contributed by atoms with Crippen molar-refractivity contribution in [1.29, 1.82) is 0 Å². The third kappa shape index (κ3) is 4.61. The molecule has 2 heterocycles. The third-order valence-corrected chi connectivity index (χ3v) is 6.98. The molecular formula is C31H29FN2O4. The molecule has 5 rings (SSSR count). The number of halogens is 1. The Morgan fingerprint density at radius 2 is 1.79 bits per heavy atom. The zero-order valence-corrected chi connectivity index (χ0v) is 21.5. The number of aliphatic hydroxyl groups excluding tert-OH is 1. The van der Waals surface area contributed by atoms with Crippen molar-refractivity contribution >= 4 is 33.6 Å². The minimum Gasteiger partial charge on any atom is -0.454 e. The molecule has 0 fully saturated rings. The molecule has 0 bridgehead atoms. The van der Waals surface area contributed by atoms with Crippen LogP contribution in [0.1, 0.15) is 47.4 Å². The number of fused-ring (bicyclic) bond motifs is 3. The van der Waals surface area contributed by atoms with E-state index in [9.17, 15) is 19.1 Å². The summed E-state index contributed by atoms with van der Waals surface area (Å²) in [5.74, 6) is -0.342. The van der Waals surface area contributed by atoms with E-state index in [1.807, 2.05) is 44.2 Å². The van der Waals surface area contributed by atoms with Crippen molar-refractivity contribution < 1.29 is 23.5 Å². The fraction of sp³-hybridized carbons (Fsp3) is 0.226. The second kappa shape index (κ2) is 9.91. The summed E-state index contributed by atoms with van der Waals surface area (Å²) in [6, 6.07) is 17.1. The lowest BCUT2D eigenvalue weighted by Crippen LogP contribution is -2.18. The van der Waals surface area contributed by atoms with Crippen LogP contribution in [-0.4, -0.2) is 35.4 Å². The number of nitrogens with one attached hydrogen (secondary N) is 2. The fourth-order valence-corrected chi connectivity index (χ4v) is 4.95. The monoisotopic (exact) mass is 512 g/mol. The number of aromatic nitrogens is 1. The van der Waals surface area contributed by atoms with Crippen LogP contribution in [0.15, 0.2) is 71.3 Å². The van der Waals surface area contributed by atoms with Crippen LogP contribution in [0.3, 0.4) is 0 Å². The first kappa shape index (κ1) is 25.4. The molecule has 194 valence electrons. The van der Waals surface area contributed by atoms with Crippen LogP contribution in [0, 0.1) is 11.2 Å². The smallest absolute Gasteiger partial charge is 0.255 e. The zero-order chi connectivity index (χ0) is 27.0. The molecule has 1 amide bonds. The molecule has 0 unspecified atom stereocenters. The lowest BCUT2D eigenvalue weighted by molar-refractivity contribution is 0.0909. The van der Waals surface area contributed by atoms with Gasteiger partial charge in [0.15, 0.2) is 5.78 Å². The van der Waals surface area contributed by atoms with Gasteiger partial charge in [-0.2, -0.15) is 0 Å². The van der Waals surface area contributed by atoms with E-state index in [0.717, 1.165) is 22.0 Å². The summed E-state index contributed by atoms with van der Waals surface area (Å²) in [4.78, 5) is 29.5. The molecule has 3 N–H and O–H groups in total. The molecule has 0 saturated heterocycles. The number of carbonyl (C=O) groups is 2. The topological polar surface area (TPSA) is 95.3 Å². The van der Waals surface area contributed by atoms with Crippen molar-refractivity contribution in [3.8, 4) is 22.5 Å². The Kier molecular flexibility index (Phi) is 6.63. The minimum absolute atomic E-state index is 0.00191. The van der Waals surface area contributed by atoms with E-state index in [0.29, 0.717) is 46.3 Å². The van der Waals surface area contributed by atoms with Crippen LogP contribution in [-0.2, 0) is 0 Å². The average molecular weight is 513 g/mol. The van der Waals surface area contributed by atoms with Gasteiger partial charge in [-0.05, 0) is 59.9 Å². The van der Waals surface area contributed by atoms with Crippen LogP contribution in [0.4, 0.5) is 4.39 Å². The Labute approximate surface area is 219 Å². The van der Waals surface area contributed by atoms with E-state index in [1.54, 1.807) is 31.4 Å². The second-order valence-corrected chi connectivity index (χ2v) is 10.3. The maximum Gasteiger partial charge on any atom is 0.255 e. The minimum atomic E-state index is -0.379. The number of amides is 1. The van der Waals surface area contributed by atoms with Crippen molar-refractivity contribution in [2.24, 2.45) is 5.41 Å². The molecule has 7 heteroatoms. The van der Waals surface area contributed by atoms with Gasteiger partial charge in [-0.25, -0.2) is 4.39 Å². The van der Waals surface area contributed by atoms with Gasteiger partial charge >= 0.3 is 0 Å². The van der Waals surface area contributed by atoms with Crippen LogP contribution in [0.5, 0.6) is 0 Å². The number of benzene rings is 3. The van der Waals surface area contributed by atoms with Crippen LogP contribution in [0.2, 0.25) is 0 Å². The molecule has 0 atom stereocenters. The normalized spacial score (nSPS) is 11.8. The Morgan fingerprint density at radius 1 is 1.03 bits per heavy atom. The predicted octanol–water partition coefficient (Wildman–Crippen LogP) is 6.73. The van der Waals surface area contributed by atoms with Crippen molar-refractivity contribution in [1.82, 2.24) is 10.3 Å². The molecule has 0 aliphatic heterocycles. The summed E-state index contributed by atoms with van der Waals surface area (Å²) in [7, 11) is 1.55. The van der Waals surface area contributed by atoms with E-state index in [2.05, 4.69) is 10.3 Å². The number of Topliss-reactive ketones (excluding diaryl/α,β-unsaturated/α-hetero) is 1. The van der Waals surface area contributed by atoms with Gasteiger partial charge in [0.05, 0.1) is 11.1 Å². The number of aliphatic hydroxyl groups is 1. The number of aromatic amines is 1. The number of rotatable bonds is 8. The summed E-state index contributed by atoms with van der Waals surface area (Å²) < 4.78 is 19.9. The summed E-state index contributed by atoms with van der Waals surface area (Å²) in [6.45, 7) is 3.97. The van der Waals surface area contributed by atoms with Gasteiger partial charge < -0.3 is 19.8 Å². The molecule has 0 spiro atoms. The van der Waals surface area contributed by atoms with Gasteiger partial charge in [-0.3, -0.25) is 9.59 Å². The standard InChI is InChI=1S/C31H29FN2O4/c1-31(2,12-14-35)17-25(36)20-6-4-5-19(15-20)23-16-24-26(30(37)33-3)28(18-7-9-21(32)10-8-18)38-29(24)22-11-13-34-27(22)23/h4-11,13,15-16,34-35H,12,14,17H2,1-3H3,(H,33,37). The van der Waals surface area contributed by atoms with Gasteiger partial charge in [0.25, 0.3) is 5.91 Å². The number of furan rings is 1. The fourth-order valence-electron chi connectivity index (χ4n) is 4.95. The Bertz CT molecular complexity index is 1660. The second-order valence-electron chi connectivity index (χ2n) is 10.3. The lowest BCUT2D eigenvalue weighted by atomic mass is 9.82. The largest absolute Gasteiger partial charge is 0.454 e. The molecular weight excluding hydrogens is 483 g/mol. The molecule has 38 heavy (non-hydrogen) atoms. The number of H-pyrrole nitrogens is 1. The number of hydrogen-bond donors (Lipinski definition) is 3. The lowest BCUT2D eigenvalue weighted by Gasteiger charge is -2.22. The first-order valence-electron chi connectivity index (χ1n) is 12.5. The van der Waals surface area contributed by atoms with E-state index in [-0.39, 0.29) is 29.5 Å². The maximum atomic E-state index is 13.6. The van der Waals surface area contributed by atoms with Crippen LogP contribution < -0.4 is 5.32 Å². The van der Waals surface area contributed by atoms with Gasteiger partial charge in [-0.1, -0.05) is 32.0 Å². The Morgan fingerprint density at radius 3 is 2.50 bits per heavy atom. The van der Waals surface area contributed by atoms with E-state index >= 15 is 0 Å². The Hall–Kier alpha value is -4.23. The predicted molar refractivity (Wildman–Crippen MR) is 147 cm³/mol. The highest BCUT2D eigenvalue weighted by Crippen LogP contribution is 2.41. The molecule has 0 saturated carbocycles. The SMILES string of the molecule is CNC(=O)c1c(-c2ccc(F)cc2)oc2c1cc(-c1cccc(C(=O)CC(C)(C)CCO)c1)c1[nH]ccc12. The van der Waals surface area contributed by atoms with E-state index < -0.39 is 0 Å². The molecule has 2 aromatic heterocycles. The molecule has 0 aliphatic rings. The van der Waals surface area contributed by atoms with E-state index in [4.69, 9.17) is 4.42 Å². The average Bonchev–Trinajstić information content (AvgIpc) is 3.53. The summed E-state index contributed by atoms with van der Waals surface area (Å²) in [5.41, 5.74) is 4.20. The maximum absolute atomic E-state index is 13.6. The summed E-state index contributed by atoms with van der Waals surface area (Å²) in [6.07, 6.45) is 2.66. The van der Waals surface area contributed by atoms with Gasteiger partial charge in [0.1, 0.15) is 17.2 Å². The molecule has 5 aromatic rings. The number of hydrogen-bond acceptors (Lipinski definition) is 4. The molecule has 6 nitrogen and oxygen atoms in total. The van der Waals surface area contributed by atoms with Crippen molar-refractivity contribution in [2.75, 3.05) is 13.7 Å². The first-order chi connectivity index (χ1) is 18.2. The van der Waals surface area contributed by atoms with Crippen molar-refractivity contribution in [3.05, 3.63) is 83.8 Å². The molecule has 0 radical (unpaired) electrons. The zero-order valence-electron chi connectivity index (χ0n) is 21.5. The van der Waals surface area contributed by atoms with Crippen LogP contribution >= 0.6 is 0 Å². The molecule has 3 aromatic carbocycles. The van der Waals surface area contributed by atoms with Crippen LogP contribution in [0.25, 0.3) is 44.3 Å². The van der Waals surface area contributed by atoms with Gasteiger partial charge in [0.2, 0.25) is 0 Å². The first-order valence-corrected chi connectivity index (χ1v) is 12.5. The third-order valence-electron chi connectivity index (χ3n) is 6.98. The highest BCUT2D eigenvalue weighted by molar-refractivity contribution is 6.19. The summed E-state index contributed by atoms with van der Waals surface area (Å²) in [5, 5.41) is 13.4. The van der Waals surface area contributed by atoms with Crippen molar-refractivity contribution in [3.63, 3.8) is 0 Å². The Balaban J connectivity index is 1.69. The molecule has 0 aliphatic carbocycles. The van der Waals surface area contributed by atoms with Gasteiger partial charge in [-0.15, -0.1) is 0 Å². The summed E-state index contributed by atoms with van der Waals surface area (Å²) >= 11 is 0.